The molecule has 1 aliphatic rings. The molecule has 2 N–H and O–H groups in total. The van der Waals surface area contributed by atoms with Crippen molar-refractivity contribution in [3.8, 4) is 5.69 Å². The van der Waals surface area contributed by atoms with Crippen LogP contribution in [0.3, 0.4) is 0 Å². The molecular weight excluding hydrogens is 430 g/mol. The van der Waals surface area contributed by atoms with Crippen molar-refractivity contribution >= 4 is 22.8 Å². The molecule has 10 heteroatoms. The van der Waals surface area contributed by atoms with Gasteiger partial charge in [0, 0.05) is 43.0 Å². The predicted molar refractivity (Wildman–Crippen MR) is 131 cm³/mol. The van der Waals surface area contributed by atoms with E-state index in [1.54, 1.807) is 34.0 Å². The van der Waals surface area contributed by atoms with E-state index in [-0.39, 0.29) is 11.0 Å². The molecule has 0 radical (unpaired) electrons. The maximum atomic E-state index is 13.2. The van der Waals surface area contributed by atoms with E-state index in [9.17, 15) is 4.79 Å². The topological polar surface area (TPSA) is 115 Å². The molecule has 0 atom stereocenters. The molecule has 4 aromatic rings. The SMILES string of the molecule is C=CCn1c(=O)c2cnc(Nc3cnc4c(n3)CNCC4)nc2n1-c1ccnc(C(C)(C)C)c1. The number of allylic oxidation sites excluding steroid dienone is 1. The fourth-order valence-electron chi connectivity index (χ4n) is 3.99. The third-order valence-electron chi connectivity index (χ3n) is 5.74. The minimum Gasteiger partial charge on any atom is -0.311 e. The van der Waals surface area contributed by atoms with Gasteiger partial charge in [0.05, 0.1) is 29.8 Å². The highest BCUT2D eigenvalue weighted by molar-refractivity contribution is 5.77. The van der Waals surface area contributed by atoms with Crippen molar-refractivity contribution in [1.29, 1.82) is 0 Å². The van der Waals surface area contributed by atoms with Crippen molar-refractivity contribution in [2.75, 3.05) is 11.9 Å². The number of nitrogens with one attached hydrogen (secondary N) is 2. The van der Waals surface area contributed by atoms with Gasteiger partial charge >= 0.3 is 0 Å². The van der Waals surface area contributed by atoms with Gasteiger partial charge in [-0.05, 0) is 12.1 Å². The minimum atomic E-state index is -0.185. The van der Waals surface area contributed by atoms with Crippen LogP contribution in [0.1, 0.15) is 37.9 Å². The summed E-state index contributed by atoms with van der Waals surface area (Å²) in [6, 6.07) is 3.85. The minimum absolute atomic E-state index is 0.149. The molecule has 0 fully saturated rings. The molecule has 5 rings (SSSR count). The van der Waals surface area contributed by atoms with Gasteiger partial charge in [0.1, 0.15) is 5.39 Å². The molecule has 0 bridgehead atoms. The van der Waals surface area contributed by atoms with Crippen LogP contribution in [0.15, 0.2) is 48.2 Å². The van der Waals surface area contributed by atoms with E-state index in [1.807, 2.05) is 12.1 Å². The Bertz CT molecular complexity index is 1450. The summed E-state index contributed by atoms with van der Waals surface area (Å²) in [6.07, 6.45) is 7.53. The zero-order chi connectivity index (χ0) is 23.9. The lowest BCUT2D eigenvalue weighted by Gasteiger charge is -2.19. The standard InChI is InChI=1S/C24H27N9O/c1-5-10-32-22(34)16-12-28-23(30-20-14-27-17-7-8-25-13-18(17)29-20)31-21(16)33(32)15-6-9-26-19(11-15)24(2,3)4/h5-6,9,11-12,14,25H,1,7-8,10,13H2,2-4H3,(H,28,29,30,31). The van der Waals surface area contributed by atoms with Crippen molar-refractivity contribution < 1.29 is 0 Å². The summed E-state index contributed by atoms with van der Waals surface area (Å²) in [4.78, 5) is 35.9. The molecule has 0 unspecified atom stereocenters. The average molecular weight is 458 g/mol. The van der Waals surface area contributed by atoms with Crippen LogP contribution in [0.4, 0.5) is 11.8 Å². The molecule has 0 saturated heterocycles. The lowest BCUT2D eigenvalue weighted by atomic mass is 9.91. The maximum absolute atomic E-state index is 13.2. The van der Waals surface area contributed by atoms with Crippen LogP contribution >= 0.6 is 0 Å². The normalized spacial score (nSPS) is 13.6. The van der Waals surface area contributed by atoms with Crippen LogP contribution in [-0.2, 0) is 24.9 Å². The predicted octanol–water partition coefficient (Wildman–Crippen LogP) is 2.64. The largest absolute Gasteiger partial charge is 0.311 e. The van der Waals surface area contributed by atoms with Crippen molar-refractivity contribution in [2.45, 2.75) is 45.7 Å². The Hall–Kier alpha value is -3.92. The molecule has 0 amide bonds. The first-order valence-corrected chi connectivity index (χ1v) is 11.2. The Balaban J connectivity index is 1.62. The molecule has 34 heavy (non-hydrogen) atoms. The molecule has 0 aromatic carbocycles. The quantitative estimate of drug-likeness (QED) is 0.440. The van der Waals surface area contributed by atoms with Gasteiger partial charge < -0.3 is 10.6 Å². The molecule has 0 aliphatic carbocycles. The summed E-state index contributed by atoms with van der Waals surface area (Å²) >= 11 is 0. The first kappa shape index (κ1) is 21.9. The van der Waals surface area contributed by atoms with Crippen LogP contribution < -0.4 is 16.2 Å². The summed E-state index contributed by atoms with van der Waals surface area (Å²) < 4.78 is 3.40. The summed E-state index contributed by atoms with van der Waals surface area (Å²) in [5.41, 5.74) is 3.77. The Kier molecular flexibility index (Phi) is 5.45. The van der Waals surface area contributed by atoms with Gasteiger partial charge in [0.25, 0.3) is 5.56 Å². The monoisotopic (exact) mass is 457 g/mol. The van der Waals surface area contributed by atoms with E-state index in [4.69, 9.17) is 4.98 Å². The van der Waals surface area contributed by atoms with Crippen LogP contribution in [-0.4, -0.2) is 40.8 Å². The first-order valence-electron chi connectivity index (χ1n) is 11.2. The number of rotatable bonds is 5. The summed E-state index contributed by atoms with van der Waals surface area (Å²) in [7, 11) is 0. The third kappa shape index (κ3) is 3.96. The lowest BCUT2D eigenvalue weighted by molar-refractivity contribution is 0.563. The zero-order valence-electron chi connectivity index (χ0n) is 19.5. The highest BCUT2D eigenvalue weighted by Gasteiger charge is 2.21. The van der Waals surface area contributed by atoms with Gasteiger partial charge in [-0.2, -0.15) is 4.98 Å². The fraction of sp³-hybridized carbons (Fsp3) is 0.333. The van der Waals surface area contributed by atoms with Gasteiger partial charge in [-0.3, -0.25) is 14.8 Å². The molecule has 1 aliphatic heterocycles. The molecule has 10 nitrogen and oxygen atoms in total. The highest BCUT2D eigenvalue weighted by Crippen LogP contribution is 2.24. The van der Waals surface area contributed by atoms with E-state index < -0.39 is 0 Å². The summed E-state index contributed by atoms with van der Waals surface area (Å²) in [5, 5.41) is 6.86. The number of pyridine rings is 1. The van der Waals surface area contributed by atoms with Gasteiger partial charge in [-0.1, -0.05) is 26.8 Å². The van der Waals surface area contributed by atoms with E-state index in [0.29, 0.717) is 35.9 Å². The maximum Gasteiger partial charge on any atom is 0.278 e. The highest BCUT2D eigenvalue weighted by atomic mass is 16.1. The van der Waals surface area contributed by atoms with Gasteiger partial charge in [0.15, 0.2) is 11.5 Å². The van der Waals surface area contributed by atoms with Gasteiger partial charge in [0.2, 0.25) is 5.95 Å². The van der Waals surface area contributed by atoms with E-state index in [0.717, 1.165) is 35.7 Å². The van der Waals surface area contributed by atoms with Crippen molar-refractivity contribution in [3.63, 3.8) is 0 Å². The second-order valence-corrected chi connectivity index (χ2v) is 9.27. The third-order valence-corrected chi connectivity index (χ3v) is 5.74. The van der Waals surface area contributed by atoms with Gasteiger partial charge in [-0.25, -0.2) is 19.3 Å². The Labute approximate surface area is 196 Å². The van der Waals surface area contributed by atoms with Crippen molar-refractivity contribution in [2.24, 2.45) is 0 Å². The molecular formula is C24H27N9O. The number of aromatic nitrogens is 7. The number of fused-ring (bicyclic) bond motifs is 2. The average Bonchev–Trinajstić information content (AvgIpc) is 3.10. The second kappa shape index (κ2) is 8.45. The molecule has 174 valence electrons. The number of hydrogen-bond donors (Lipinski definition) is 2. The smallest absolute Gasteiger partial charge is 0.278 e. The number of anilines is 2. The Morgan fingerprint density at radius 1 is 1.18 bits per heavy atom. The van der Waals surface area contributed by atoms with Crippen molar-refractivity contribution in [3.05, 3.63) is 70.8 Å². The number of hydrogen-bond acceptors (Lipinski definition) is 8. The van der Waals surface area contributed by atoms with Crippen LogP contribution in [0.2, 0.25) is 0 Å². The first-order chi connectivity index (χ1) is 16.3. The van der Waals surface area contributed by atoms with E-state index in [1.165, 1.54) is 0 Å². The molecule has 4 aromatic heterocycles. The second-order valence-electron chi connectivity index (χ2n) is 9.27. The van der Waals surface area contributed by atoms with Crippen LogP contribution in [0, 0.1) is 0 Å². The number of nitrogens with zero attached hydrogens (tertiary/aromatic N) is 7. The zero-order valence-corrected chi connectivity index (χ0v) is 19.5. The molecule has 0 saturated carbocycles. The Morgan fingerprint density at radius 3 is 2.82 bits per heavy atom. The molecule has 5 heterocycles. The van der Waals surface area contributed by atoms with Gasteiger partial charge in [-0.15, -0.1) is 6.58 Å². The van der Waals surface area contributed by atoms with Crippen LogP contribution in [0.5, 0.6) is 0 Å². The van der Waals surface area contributed by atoms with Crippen molar-refractivity contribution in [1.82, 2.24) is 39.6 Å². The molecule has 0 spiro atoms. The van der Waals surface area contributed by atoms with E-state index >= 15 is 0 Å². The summed E-state index contributed by atoms with van der Waals surface area (Å²) in [6.45, 7) is 12.0. The lowest BCUT2D eigenvalue weighted by Crippen LogP contribution is -2.25. The van der Waals surface area contributed by atoms with E-state index in [2.05, 4.69) is 57.9 Å². The fourth-order valence-corrected chi connectivity index (χ4v) is 3.99. The summed E-state index contributed by atoms with van der Waals surface area (Å²) in [5.74, 6) is 0.889. The van der Waals surface area contributed by atoms with Crippen LogP contribution in [0.25, 0.3) is 16.7 Å². The Morgan fingerprint density at radius 2 is 2.03 bits per heavy atom.